The second-order valence-electron chi connectivity index (χ2n) is 6.42. The lowest BCUT2D eigenvalue weighted by Crippen LogP contribution is -2.54. The summed E-state index contributed by atoms with van der Waals surface area (Å²) in [6.45, 7) is 8.29. The summed E-state index contributed by atoms with van der Waals surface area (Å²) in [5.74, 6) is -1.07. The van der Waals surface area contributed by atoms with E-state index in [1.54, 1.807) is 0 Å². The van der Waals surface area contributed by atoms with Gasteiger partial charge in [0.05, 0.1) is 0 Å². The van der Waals surface area contributed by atoms with Gasteiger partial charge in [-0.1, -0.05) is 13.8 Å². The molecule has 144 valence electrons. The van der Waals surface area contributed by atoms with Crippen molar-refractivity contribution in [1.82, 2.24) is 0 Å². The van der Waals surface area contributed by atoms with E-state index in [-0.39, 0.29) is 13.0 Å². The second kappa shape index (κ2) is 10.4. The van der Waals surface area contributed by atoms with Gasteiger partial charge in [0.2, 0.25) is 0 Å². The van der Waals surface area contributed by atoms with Gasteiger partial charge in [-0.25, -0.2) is 0 Å². The van der Waals surface area contributed by atoms with Crippen LogP contribution in [0.2, 0.25) is 0 Å². The maximum absolute atomic E-state index is 11.4. The van der Waals surface area contributed by atoms with Gasteiger partial charge in [-0.2, -0.15) is 0 Å². The molecule has 0 amide bonds. The molecule has 0 spiro atoms. The van der Waals surface area contributed by atoms with E-state index in [1.807, 2.05) is 0 Å². The van der Waals surface area contributed by atoms with Crippen molar-refractivity contribution >= 4 is 17.9 Å². The van der Waals surface area contributed by atoms with Crippen molar-refractivity contribution in [2.75, 3.05) is 13.2 Å². The van der Waals surface area contributed by atoms with E-state index in [1.165, 1.54) is 20.8 Å². The molecule has 0 saturated carbocycles. The van der Waals surface area contributed by atoms with Crippen LogP contribution in [0.15, 0.2) is 0 Å². The number of ether oxygens (including phenoxy) is 5. The summed E-state index contributed by atoms with van der Waals surface area (Å²) in [6, 6.07) is 0. The fourth-order valence-corrected chi connectivity index (χ4v) is 2.44. The maximum Gasteiger partial charge on any atom is 0.303 e. The first-order chi connectivity index (χ1) is 11.7. The summed E-state index contributed by atoms with van der Waals surface area (Å²) in [4.78, 5) is 33.9. The number of hydrogen-bond donors (Lipinski definition) is 0. The highest BCUT2D eigenvalue weighted by atomic mass is 16.7. The average Bonchev–Trinajstić information content (AvgIpc) is 2.46. The minimum absolute atomic E-state index is 0.130. The summed E-state index contributed by atoms with van der Waals surface area (Å²) in [5, 5.41) is 0. The Morgan fingerprint density at radius 1 is 1.04 bits per heavy atom. The van der Waals surface area contributed by atoms with Gasteiger partial charge in [-0.05, 0) is 12.3 Å². The van der Waals surface area contributed by atoms with Gasteiger partial charge in [0, 0.05) is 33.8 Å². The molecule has 25 heavy (non-hydrogen) atoms. The first-order valence-corrected chi connectivity index (χ1v) is 8.43. The Kier molecular flexibility index (Phi) is 8.85. The first kappa shape index (κ1) is 21.4. The Labute approximate surface area is 148 Å². The van der Waals surface area contributed by atoms with Crippen molar-refractivity contribution in [1.29, 1.82) is 0 Å². The van der Waals surface area contributed by atoms with Crippen LogP contribution in [0.5, 0.6) is 0 Å². The first-order valence-electron chi connectivity index (χ1n) is 8.43. The monoisotopic (exact) mass is 360 g/mol. The lowest BCUT2D eigenvalue weighted by molar-refractivity contribution is -0.266. The minimum atomic E-state index is -0.870. The molecule has 4 atom stereocenters. The van der Waals surface area contributed by atoms with Gasteiger partial charge in [0.25, 0.3) is 0 Å². The normalized spacial score (nSPS) is 26.2. The third-order valence-corrected chi connectivity index (χ3v) is 3.55. The molecule has 0 bridgehead atoms. The third kappa shape index (κ3) is 8.31. The highest BCUT2D eigenvalue weighted by molar-refractivity contribution is 5.67. The molecule has 8 heteroatoms. The quantitative estimate of drug-likeness (QED) is 0.475. The molecule has 1 fully saturated rings. The van der Waals surface area contributed by atoms with Gasteiger partial charge in [-0.3, -0.25) is 14.4 Å². The molecule has 0 aromatic rings. The number of rotatable bonds is 8. The van der Waals surface area contributed by atoms with Crippen molar-refractivity contribution in [3.8, 4) is 0 Å². The van der Waals surface area contributed by atoms with E-state index >= 15 is 0 Å². The Bertz CT molecular complexity index is 462. The lowest BCUT2D eigenvalue weighted by Gasteiger charge is -2.39. The lowest BCUT2D eigenvalue weighted by atomic mass is 10.0. The van der Waals surface area contributed by atoms with Crippen LogP contribution in [0, 0.1) is 5.92 Å². The second-order valence-corrected chi connectivity index (χ2v) is 6.42. The molecule has 0 aromatic carbocycles. The highest BCUT2D eigenvalue weighted by Crippen LogP contribution is 2.27. The zero-order chi connectivity index (χ0) is 19.0. The number of esters is 3. The molecular weight excluding hydrogens is 332 g/mol. The van der Waals surface area contributed by atoms with E-state index in [0.29, 0.717) is 12.5 Å². The molecule has 0 N–H and O–H groups in total. The molecule has 0 aromatic heterocycles. The molecule has 1 saturated heterocycles. The van der Waals surface area contributed by atoms with Crippen LogP contribution < -0.4 is 0 Å². The molecule has 0 aliphatic carbocycles. The van der Waals surface area contributed by atoms with Crippen LogP contribution in [-0.2, 0) is 38.1 Å². The zero-order valence-corrected chi connectivity index (χ0v) is 15.5. The number of hydrogen-bond acceptors (Lipinski definition) is 8. The zero-order valence-electron chi connectivity index (χ0n) is 15.5. The van der Waals surface area contributed by atoms with Crippen molar-refractivity contribution < 1.29 is 38.1 Å². The molecule has 1 rings (SSSR count). The summed E-state index contributed by atoms with van der Waals surface area (Å²) in [5.41, 5.74) is 0. The van der Waals surface area contributed by atoms with E-state index in [4.69, 9.17) is 23.7 Å². The molecule has 0 unspecified atom stereocenters. The SMILES string of the molecule is CC(=O)OC[C@H]1O[C@@H](OCCC(C)C)C[C@@H](OC(C)=O)[C@@H]1OC(C)=O. The minimum Gasteiger partial charge on any atom is -0.463 e. The fraction of sp³-hybridized carbons (Fsp3) is 0.824. The van der Waals surface area contributed by atoms with Crippen LogP contribution in [0.1, 0.15) is 47.5 Å². The predicted molar refractivity (Wildman–Crippen MR) is 86.4 cm³/mol. The molecule has 1 aliphatic rings. The largest absolute Gasteiger partial charge is 0.463 e. The summed E-state index contributed by atoms with van der Waals surface area (Å²) in [6.07, 6.45) is -1.96. The van der Waals surface area contributed by atoms with E-state index in [9.17, 15) is 14.4 Å². The summed E-state index contributed by atoms with van der Waals surface area (Å²) in [7, 11) is 0. The maximum atomic E-state index is 11.4. The van der Waals surface area contributed by atoms with Gasteiger partial charge in [0.1, 0.15) is 18.8 Å². The Balaban J connectivity index is 2.84. The van der Waals surface area contributed by atoms with Gasteiger partial charge < -0.3 is 23.7 Å². The smallest absolute Gasteiger partial charge is 0.303 e. The Morgan fingerprint density at radius 2 is 1.68 bits per heavy atom. The van der Waals surface area contributed by atoms with Crippen LogP contribution >= 0.6 is 0 Å². The van der Waals surface area contributed by atoms with Crippen molar-refractivity contribution in [2.45, 2.75) is 72.1 Å². The summed E-state index contributed by atoms with van der Waals surface area (Å²) < 4.78 is 27.0. The Morgan fingerprint density at radius 3 is 2.20 bits per heavy atom. The third-order valence-electron chi connectivity index (χ3n) is 3.55. The molecular formula is C17H28O8. The molecule has 1 aliphatic heterocycles. The highest BCUT2D eigenvalue weighted by Gasteiger charge is 2.44. The standard InChI is InChI=1S/C17H28O8/c1-10(2)6-7-21-16-8-14(23-12(4)19)17(24-13(5)20)15(25-16)9-22-11(3)18/h10,14-17H,6-9H2,1-5H3/t14-,15-,16-,17+/m1/s1. The number of carbonyl (C=O) groups is 3. The van der Waals surface area contributed by atoms with Gasteiger partial charge in [0.15, 0.2) is 12.4 Å². The fourth-order valence-electron chi connectivity index (χ4n) is 2.44. The van der Waals surface area contributed by atoms with Gasteiger partial charge >= 0.3 is 17.9 Å². The summed E-state index contributed by atoms with van der Waals surface area (Å²) >= 11 is 0. The van der Waals surface area contributed by atoms with Crippen LogP contribution in [-0.4, -0.2) is 55.7 Å². The van der Waals surface area contributed by atoms with E-state index in [2.05, 4.69) is 13.8 Å². The predicted octanol–water partition coefficient (Wildman–Crippen LogP) is 1.59. The Hall–Kier alpha value is -1.67. The average molecular weight is 360 g/mol. The molecule has 8 nitrogen and oxygen atoms in total. The van der Waals surface area contributed by atoms with Crippen LogP contribution in [0.3, 0.4) is 0 Å². The van der Waals surface area contributed by atoms with Gasteiger partial charge in [-0.15, -0.1) is 0 Å². The topological polar surface area (TPSA) is 97.4 Å². The van der Waals surface area contributed by atoms with Crippen LogP contribution in [0.25, 0.3) is 0 Å². The molecule has 0 radical (unpaired) electrons. The van der Waals surface area contributed by atoms with E-state index in [0.717, 1.165) is 6.42 Å². The van der Waals surface area contributed by atoms with E-state index < -0.39 is 42.5 Å². The van der Waals surface area contributed by atoms with Crippen molar-refractivity contribution in [3.05, 3.63) is 0 Å². The number of carbonyl (C=O) groups excluding carboxylic acids is 3. The van der Waals surface area contributed by atoms with Crippen LogP contribution in [0.4, 0.5) is 0 Å². The van der Waals surface area contributed by atoms with Crippen molar-refractivity contribution in [2.24, 2.45) is 5.92 Å². The molecule has 1 heterocycles. The van der Waals surface area contributed by atoms with Crippen molar-refractivity contribution in [3.63, 3.8) is 0 Å².